The van der Waals surface area contributed by atoms with Crippen molar-refractivity contribution in [3.05, 3.63) is 166 Å². The molecule has 0 spiro atoms. The van der Waals surface area contributed by atoms with Crippen LogP contribution in [0.2, 0.25) is 0 Å². The highest BCUT2D eigenvalue weighted by molar-refractivity contribution is 6.08. The Bertz CT molecular complexity index is 2240. The number of nitrogens with zero attached hydrogens (tertiary/aromatic N) is 2. The van der Waals surface area contributed by atoms with Crippen LogP contribution >= 0.6 is 0 Å². The van der Waals surface area contributed by atoms with Gasteiger partial charge < -0.3 is 10.6 Å². The molecule has 6 nitrogen and oxygen atoms in total. The van der Waals surface area contributed by atoms with Crippen molar-refractivity contribution in [1.82, 2.24) is 20.6 Å². The number of hydrogen-bond donors (Lipinski definition) is 2. The molecule has 0 saturated carbocycles. The average Bonchev–Trinajstić information content (AvgIpc) is 3.14. The molecular formula is C44H38N4O2. The van der Waals surface area contributed by atoms with Crippen molar-refractivity contribution in [3.63, 3.8) is 0 Å². The third-order valence-electron chi connectivity index (χ3n) is 9.46. The van der Waals surface area contributed by atoms with Crippen molar-refractivity contribution in [2.45, 2.75) is 40.8 Å². The van der Waals surface area contributed by atoms with Gasteiger partial charge in [0, 0.05) is 35.0 Å². The number of benzene rings is 5. The lowest BCUT2D eigenvalue weighted by Gasteiger charge is -2.13. The molecule has 246 valence electrons. The lowest BCUT2D eigenvalue weighted by molar-refractivity contribution is 0.0944. The topological polar surface area (TPSA) is 84.0 Å². The minimum absolute atomic E-state index is 0.158. The van der Waals surface area contributed by atoms with E-state index in [0.29, 0.717) is 24.2 Å². The molecule has 6 heteroatoms. The van der Waals surface area contributed by atoms with Crippen molar-refractivity contribution in [3.8, 4) is 22.5 Å². The summed E-state index contributed by atoms with van der Waals surface area (Å²) in [4.78, 5) is 36.9. The first kappa shape index (κ1) is 32.4. The van der Waals surface area contributed by atoms with Crippen LogP contribution in [0.5, 0.6) is 0 Å². The molecule has 0 fully saturated rings. The predicted octanol–water partition coefficient (Wildman–Crippen LogP) is 9.21. The lowest BCUT2D eigenvalue weighted by Crippen LogP contribution is -2.24. The number of nitrogens with one attached hydrogen (secondary N) is 2. The number of pyridine rings is 2. The van der Waals surface area contributed by atoms with Crippen LogP contribution in [-0.4, -0.2) is 21.8 Å². The van der Waals surface area contributed by atoms with Crippen LogP contribution in [-0.2, 0) is 13.1 Å². The van der Waals surface area contributed by atoms with E-state index in [2.05, 4.69) is 62.6 Å². The van der Waals surface area contributed by atoms with Gasteiger partial charge in [-0.2, -0.15) is 0 Å². The van der Waals surface area contributed by atoms with Crippen molar-refractivity contribution >= 4 is 33.6 Å². The van der Waals surface area contributed by atoms with Gasteiger partial charge in [-0.1, -0.05) is 84.9 Å². The molecule has 0 aliphatic rings. The van der Waals surface area contributed by atoms with Gasteiger partial charge in [-0.3, -0.25) is 9.59 Å². The Morgan fingerprint density at radius 3 is 1.28 bits per heavy atom. The zero-order valence-electron chi connectivity index (χ0n) is 28.7. The average molecular weight is 655 g/mol. The molecule has 5 aromatic carbocycles. The number of fused-ring (bicyclic) bond motifs is 2. The molecule has 0 atom stereocenters. The first-order valence-corrected chi connectivity index (χ1v) is 16.8. The summed E-state index contributed by atoms with van der Waals surface area (Å²) in [6, 6.07) is 39.6. The van der Waals surface area contributed by atoms with Gasteiger partial charge >= 0.3 is 0 Å². The molecule has 0 unspecified atom stereocenters. The summed E-state index contributed by atoms with van der Waals surface area (Å²) in [6.07, 6.45) is 0. The number of aryl methyl sites for hydroxylation is 4. The Morgan fingerprint density at radius 2 is 0.880 bits per heavy atom. The second-order valence-corrected chi connectivity index (χ2v) is 12.9. The van der Waals surface area contributed by atoms with E-state index >= 15 is 0 Å². The molecule has 2 aromatic heterocycles. The Labute approximate surface area is 292 Å². The normalized spacial score (nSPS) is 11.1. The standard InChI is InChI=1S/C44H38N4O2/c1-27-13-19-33(21-29(27)3)41-23-37(35-9-5-7-11-39(35)47-41)43(49)45-25-31-15-17-32(18-16-31)26-46-44(50)38-24-42(34-20-14-28(2)30(4)22-34)48-40-12-8-6-10-36(38)40/h5-24H,25-26H2,1-4H3,(H,45,49)(H,46,50). The highest BCUT2D eigenvalue weighted by Gasteiger charge is 2.16. The Hall–Kier alpha value is -6.14. The van der Waals surface area contributed by atoms with E-state index in [9.17, 15) is 9.59 Å². The van der Waals surface area contributed by atoms with Crippen LogP contribution in [0, 0.1) is 27.7 Å². The smallest absolute Gasteiger partial charge is 0.252 e. The van der Waals surface area contributed by atoms with Crippen LogP contribution in [0.15, 0.2) is 121 Å². The van der Waals surface area contributed by atoms with E-state index in [0.717, 1.165) is 55.4 Å². The van der Waals surface area contributed by atoms with Crippen molar-refractivity contribution in [2.75, 3.05) is 0 Å². The minimum atomic E-state index is -0.158. The molecule has 50 heavy (non-hydrogen) atoms. The third kappa shape index (κ3) is 6.74. The van der Waals surface area contributed by atoms with E-state index in [-0.39, 0.29) is 11.8 Å². The number of hydrogen-bond acceptors (Lipinski definition) is 4. The molecular weight excluding hydrogens is 617 g/mol. The molecule has 7 rings (SSSR count). The number of rotatable bonds is 8. The highest BCUT2D eigenvalue weighted by Crippen LogP contribution is 2.28. The fourth-order valence-corrected chi connectivity index (χ4v) is 6.15. The Kier molecular flexibility index (Phi) is 8.92. The lowest BCUT2D eigenvalue weighted by atomic mass is 10.0. The Morgan fingerprint density at radius 1 is 0.480 bits per heavy atom. The van der Waals surface area contributed by atoms with E-state index in [1.807, 2.05) is 97.1 Å². The number of carbonyl (C=O) groups is 2. The summed E-state index contributed by atoms with van der Waals surface area (Å²) < 4.78 is 0. The van der Waals surface area contributed by atoms with Crippen LogP contribution in [0.3, 0.4) is 0 Å². The molecule has 2 heterocycles. The van der Waals surface area contributed by atoms with Gasteiger partial charge in [0.2, 0.25) is 0 Å². The first-order chi connectivity index (χ1) is 24.2. The summed E-state index contributed by atoms with van der Waals surface area (Å²) >= 11 is 0. The fraction of sp³-hybridized carbons (Fsp3) is 0.136. The van der Waals surface area contributed by atoms with Gasteiger partial charge in [0.15, 0.2) is 0 Å². The summed E-state index contributed by atoms with van der Waals surface area (Å²) in [6.45, 7) is 9.07. The quantitative estimate of drug-likeness (QED) is 0.171. The first-order valence-electron chi connectivity index (χ1n) is 16.8. The maximum absolute atomic E-state index is 13.6. The largest absolute Gasteiger partial charge is 0.348 e. The fourth-order valence-electron chi connectivity index (χ4n) is 6.15. The van der Waals surface area contributed by atoms with Crippen LogP contribution in [0.25, 0.3) is 44.3 Å². The second-order valence-electron chi connectivity index (χ2n) is 12.9. The van der Waals surface area contributed by atoms with Crippen LogP contribution < -0.4 is 10.6 Å². The van der Waals surface area contributed by atoms with Gasteiger partial charge in [0.1, 0.15) is 0 Å². The third-order valence-corrected chi connectivity index (χ3v) is 9.46. The summed E-state index contributed by atoms with van der Waals surface area (Å²) in [5.74, 6) is -0.315. The highest BCUT2D eigenvalue weighted by atomic mass is 16.2. The summed E-state index contributed by atoms with van der Waals surface area (Å²) in [5, 5.41) is 7.82. The maximum Gasteiger partial charge on any atom is 0.252 e. The molecule has 2 N–H and O–H groups in total. The molecule has 0 aliphatic heterocycles. The number of carbonyl (C=O) groups excluding carboxylic acids is 2. The number of amides is 2. The van der Waals surface area contributed by atoms with Crippen molar-refractivity contribution < 1.29 is 9.59 Å². The van der Waals surface area contributed by atoms with Gasteiger partial charge in [-0.15, -0.1) is 0 Å². The van der Waals surface area contributed by atoms with Crippen molar-refractivity contribution in [1.29, 1.82) is 0 Å². The molecule has 0 aliphatic carbocycles. The molecule has 7 aromatic rings. The summed E-state index contributed by atoms with van der Waals surface area (Å²) in [5.41, 5.74) is 12.9. The monoisotopic (exact) mass is 654 g/mol. The molecule has 0 bridgehead atoms. The zero-order valence-corrected chi connectivity index (χ0v) is 28.7. The minimum Gasteiger partial charge on any atom is -0.348 e. The van der Waals surface area contributed by atoms with Gasteiger partial charge in [-0.25, -0.2) is 9.97 Å². The maximum atomic E-state index is 13.6. The SMILES string of the molecule is Cc1ccc(-c2cc(C(=O)NCc3ccc(CNC(=O)c4cc(-c5ccc(C)c(C)c5)nc5ccccc45)cc3)c3ccccc3n2)cc1C. The number of aromatic nitrogens is 2. The van der Waals surface area contributed by atoms with Crippen LogP contribution in [0.4, 0.5) is 0 Å². The Balaban J connectivity index is 1.04. The van der Waals surface area contributed by atoms with E-state index < -0.39 is 0 Å². The summed E-state index contributed by atoms with van der Waals surface area (Å²) in [7, 11) is 0. The van der Waals surface area contributed by atoms with Gasteiger partial charge in [-0.05, 0) is 97.5 Å². The van der Waals surface area contributed by atoms with E-state index in [1.54, 1.807) is 0 Å². The second kappa shape index (κ2) is 13.8. The zero-order chi connectivity index (χ0) is 34.8. The van der Waals surface area contributed by atoms with E-state index in [4.69, 9.17) is 9.97 Å². The molecule has 0 saturated heterocycles. The molecule has 0 radical (unpaired) electrons. The van der Waals surface area contributed by atoms with Crippen LogP contribution in [0.1, 0.15) is 54.1 Å². The number of para-hydroxylation sites is 2. The van der Waals surface area contributed by atoms with E-state index in [1.165, 1.54) is 22.3 Å². The van der Waals surface area contributed by atoms with Gasteiger partial charge in [0.25, 0.3) is 11.8 Å². The predicted molar refractivity (Wildman–Crippen MR) is 202 cm³/mol. The molecule has 2 amide bonds. The van der Waals surface area contributed by atoms with Gasteiger partial charge in [0.05, 0.1) is 33.5 Å². The van der Waals surface area contributed by atoms with Crippen molar-refractivity contribution in [2.24, 2.45) is 0 Å².